The first kappa shape index (κ1) is 20.5. The Labute approximate surface area is 180 Å². The Bertz CT molecular complexity index is 758. The molecule has 3 saturated carbocycles. The van der Waals surface area contributed by atoms with Gasteiger partial charge in [-0.1, -0.05) is 26.8 Å². The van der Waals surface area contributed by atoms with Crippen molar-refractivity contribution in [2.45, 2.75) is 90.8 Å². The zero-order valence-electron chi connectivity index (χ0n) is 18.7. The summed E-state index contributed by atoms with van der Waals surface area (Å²) in [5.41, 5.74) is 1.08. The first-order valence-electron chi connectivity index (χ1n) is 12.2. The van der Waals surface area contributed by atoms with Crippen LogP contribution in [0.25, 0.3) is 0 Å². The molecule has 2 unspecified atom stereocenters. The Kier molecular flexibility index (Phi) is 5.04. The predicted molar refractivity (Wildman–Crippen MR) is 113 cm³/mol. The third-order valence-corrected chi connectivity index (χ3v) is 9.19. The number of hydrogen-bond donors (Lipinski definition) is 1. The number of piperidine rings is 1. The molecule has 1 amide bonds. The normalized spacial score (nSPS) is 45.0. The molecule has 0 aromatic heterocycles. The smallest absolute Gasteiger partial charge is 0.313 e. The number of nitrogens with one attached hydrogen (secondary N) is 1. The lowest BCUT2D eigenvalue weighted by Crippen LogP contribution is -2.57. The van der Waals surface area contributed by atoms with Gasteiger partial charge in [0.15, 0.2) is 0 Å². The van der Waals surface area contributed by atoms with Crippen molar-refractivity contribution in [3.63, 3.8) is 0 Å². The molecule has 1 saturated heterocycles. The molecule has 30 heavy (non-hydrogen) atoms. The van der Waals surface area contributed by atoms with Crippen molar-refractivity contribution in [3.05, 3.63) is 11.8 Å². The number of carbonyl (C=O) groups excluding carboxylic acids is 2. The predicted octanol–water partition coefficient (Wildman–Crippen LogP) is 4.36. The van der Waals surface area contributed by atoms with E-state index in [0.29, 0.717) is 37.1 Å². The van der Waals surface area contributed by atoms with Crippen LogP contribution >= 0.6 is 0 Å². The SMILES string of the molecule is CCCOC(=O)C1C=C2NC(=O)CC[C@]2(C)[C@@H]2CC[C@]3(C)C(OC4CC4)CC[C@H]3[C@H]12. The van der Waals surface area contributed by atoms with Crippen LogP contribution < -0.4 is 5.32 Å². The molecule has 5 aliphatic rings. The Morgan fingerprint density at radius 1 is 1.13 bits per heavy atom. The Morgan fingerprint density at radius 3 is 2.67 bits per heavy atom. The Balaban J connectivity index is 1.51. The summed E-state index contributed by atoms with van der Waals surface area (Å²) in [5, 5.41) is 3.13. The average molecular weight is 416 g/mol. The van der Waals surface area contributed by atoms with Gasteiger partial charge >= 0.3 is 5.97 Å². The lowest BCUT2D eigenvalue weighted by Gasteiger charge is -2.58. The van der Waals surface area contributed by atoms with Gasteiger partial charge < -0.3 is 14.8 Å². The van der Waals surface area contributed by atoms with Gasteiger partial charge in [-0.05, 0) is 74.5 Å². The molecule has 1 aliphatic heterocycles. The fourth-order valence-electron chi connectivity index (χ4n) is 7.35. The molecule has 1 N–H and O–H groups in total. The molecule has 1 heterocycles. The van der Waals surface area contributed by atoms with Gasteiger partial charge in [0.2, 0.25) is 5.91 Å². The number of amides is 1. The van der Waals surface area contributed by atoms with E-state index < -0.39 is 0 Å². The highest BCUT2D eigenvalue weighted by Crippen LogP contribution is 2.65. The summed E-state index contributed by atoms with van der Waals surface area (Å²) in [6.45, 7) is 7.24. The summed E-state index contributed by atoms with van der Waals surface area (Å²) >= 11 is 0. The van der Waals surface area contributed by atoms with Crippen LogP contribution in [-0.2, 0) is 19.1 Å². The monoisotopic (exact) mass is 415 g/mol. The number of ether oxygens (including phenoxy) is 2. The molecule has 7 atom stereocenters. The highest BCUT2D eigenvalue weighted by atomic mass is 16.5. The van der Waals surface area contributed by atoms with Crippen LogP contribution in [0.15, 0.2) is 11.8 Å². The standard InChI is InChI=1S/C25H37NO4/c1-4-13-29-23(28)16-14-19-24(2,12-10-21(27)26-19)18-9-11-25(3)17(22(16)18)7-8-20(25)30-15-5-6-15/h14-18,20,22H,4-13H2,1-3H3,(H,26,27)/t16?,17-,18+,20?,22-,24+,25-/m0/s1. The van der Waals surface area contributed by atoms with E-state index in [1.165, 1.54) is 12.8 Å². The largest absolute Gasteiger partial charge is 0.465 e. The molecular formula is C25H37NO4. The number of fused-ring (bicyclic) bond motifs is 5. The highest BCUT2D eigenvalue weighted by molar-refractivity contribution is 5.81. The number of esters is 1. The first-order valence-corrected chi connectivity index (χ1v) is 12.2. The van der Waals surface area contributed by atoms with Crippen molar-refractivity contribution >= 4 is 11.9 Å². The Hall–Kier alpha value is -1.36. The molecule has 0 aromatic carbocycles. The second kappa shape index (κ2) is 7.36. The van der Waals surface area contributed by atoms with Gasteiger partial charge in [0.25, 0.3) is 0 Å². The quantitative estimate of drug-likeness (QED) is 0.678. The average Bonchev–Trinajstić information content (AvgIpc) is 3.48. The van der Waals surface area contributed by atoms with Crippen molar-refractivity contribution in [1.29, 1.82) is 0 Å². The van der Waals surface area contributed by atoms with Crippen molar-refractivity contribution in [2.24, 2.45) is 34.5 Å². The van der Waals surface area contributed by atoms with E-state index >= 15 is 0 Å². The number of hydrogen-bond acceptors (Lipinski definition) is 4. The summed E-state index contributed by atoms with van der Waals surface area (Å²) in [5.74, 6) is 0.896. The lowest BCUT2D eigenvalue weighted by molar-refractivity contribution is -0.159. The lowest BCUT2D eigenvalue weighted by atomic mass is 9.47. The van der Waals surface area contributed by atoms with E-state index in [-0.39, 0.29) is 34.5 Å². The maximum absolute atomic E-state index is 13.2. The molecule has 4 fully saturated rings. The fraction of sp³-hybridized carbons (Fsp3) is 0.840. The zero-order chi connectivity index (χ0) is 21.1. The molecule has 5 rings (SSSR count). The van der Waals surface area contributed by atoms with Gasteiger partial charge in [-0.2, -0.15) is 0 Å². The van der Waals surface area contributed by atoms with E-state index in [2.05, 4.69) is 25.2 Å². The van der Waals surface area contributed by atoms with Gasteiger partial charge in [0, 0.05) is 17.5 Å². The summed E-state index contributed by atoms with van der Waals surface area (Å²) < 4.78 is 12.2. The van der Waals surface area contributed by atoms with Crippen LogP contribution in [0.4, 0.5) is 0 Å². The maximum atomic E-state index is 13.2. The molecule has 0 aromatic rings. The molecule has 0 radical (unpaired) electrons. The number of carbonyl (C=O) groups is 2. The van der Waals surface area contributed by atoms with Crippen LogP contribution in [0.3, 0.4) is 0 Å². The summed E-state index contributed by atoms with van der Waals surface area (Å²) in [6, 6.07) is 0. The van der Waals surface area contributed by atoms with Gasteiger partial charge in [0.1, 0.15) is 0 Å². The maximum Gasteiger partial charge on any atom is 0.313 e. The second-order valence-electron chi connectivity index (χ2n) is 11.0. The van der Waals surface area contributed by atoms with E-state index in [0.717, 1.165) is 44.2 Å². The molecule has 166 valence electrons. The highest BCUT2D eigenvalue weighted by Gasteiger charge is 2.62. The van der Waals surface area contributed by atoms with Gasteiger partial charge in [-0.3, -0.25) is 9.59 Å². The second-order valence-corrected chi connectivity index (χ2v) is 11.0. The van der Waals surface area contributed by atoms with Crippen LogP contribution in [-0.4, -0.2) is 30.7 Å². The molecule has 5 nitrogen and oxygen atoms in total. The summed E-state index contributed by atoms with van der Waals surface area (Å²) in [6.07, 6.45) is 12.1. The molecule has 5 heteroatoms. The minimum atomic E-state index is -0.257. The Morgan fingerprint density at radius 2 is 1.93 bits per heavy atom. The van der Waals surface area contributed by atoms with Crippen LogP contribution in [0.1, 0.15) is 78.6 Å². The fourth-order valence-corrected chi connectivity index (χ4v) is 7.35. The van der Waals surface area contributed by atoms with Crippen LogP contribution in [0, 0.1) is 34.5 Å². The third kappa shape index (κ3) is 3.14. The van der Waals surface area contributed by atoms with Gasteiger partial charge in [-0.15, -0.1) is 0 Å². The molecular weight excluding hydrogens is 378 g/mol. The van der Waals surface area contributed by atoms with E-state index in [9.17, 15) is 9.59 Å². The molecule has 4 aliphatic carbocycles. The van der Waals surface area contributed by atoms with Crippen molar-refractivity contribution in [1.82, 2.24) is 5.32 Å². The van der Waals surface area contributed by atoms with Crippen molar-refractivity contribution in [2.75, 3.05) is 6.61 Å². The topological polar surface area (TPSA) is 64.6 Å². The number of allylic oxidation sites excluding steroid dienone is 1. The summed E-state index contributed by atoms with van der Waals surface area (Å²) in [7, 11) is 0. The first-order chi connectivity index (χ1) is 14.4. The number of rotatable bonds is 5. The third-order valence-electron chi connectivity index (χ3n) is 9.19. The van der Waals surface area contributed by atoms with Crippen LogP contribution in [0.5, 0.6) is 0 Å². The van der Waals surface area contributed by atoms with Crippen molar-refractivity contribution < 1.29 is 19.1 Å². The van der Waals surface area contributed by atoms with Gasteiger partial charge in [-0.25, -0.2) is 0 Å². The van der Waals surface area contributed by atoms with E-state index in [1.54, 1.807) is 0 Å². The van der Waals surface area contributed by atoms with E-state index in [4.69, 9.17) is 9.47 Å². The zero-order valence-corrected chi connectivity index (χ0v) is 18.7. The molecule has 0 bridgehead atoms. The summed E-state index contributed by atoms with van der Waals surface area (Å²) in [4.78, 5) is 25.4. The van der Waals surface area contributed by atoms with Gasteiger partial charge in [0.05, 0.1) is 24.7 Å². The minimum absolute atomic E-state index is 0.0448. The molecule has 0 spiro atoms. The van der Waals surface area contributed by atoms with E-state index in [1.807, 2.05) is 6.92 Å². The van der Waals surface area contributed by atoms with Crippen LogP contribution in [0.2, 0.25) is 0 Å². The minimum Gasteiger partial charge on any atom is -0.465 e. The van der Waals surface area contributed by atoms with Crippen molar-refractivity contribution in [3.8, 4) is 0 Å².